The summed E-state index contributed by atoms with van der Waals surface area (Å²) in [5.41, 5.74) is 0. The molecule has 0 rings (SSSR count). The highest BCUT2D eigenvalue weighted by molar-refractivity contribution is 5.70. The van der Waals surface area contributed by atoms with Crippen LogP contribution in [0.2, 0.25) is 0 Å². The normalized spacial score (nSPS) is 12.6. The Morgan fingerprint density at radius 1 is 0.436 bits per heavy atom. The molecule has 0 aliphatic rings. The van der Waals surface area contributed by atoms with E-state index in [-0.39, 0.29) is 25.2 Å². The van der Waals surface area contributed by atoms with E-state index >= 15 is 0 Å². The van der Waals surface area contributed by atoms with Crippen LogP contribution >= 0.6 is 0 Å². The van der Waals surface area contributed by atoms with Crippen LogP contribution in [0, 0.1) is 0 Å². The molecule has 1 unspecified atom stereocenters. The molecule has 0 bridgehead atoms. The van der Waals surface area contributed by atoms with Gasteiger partial charge in [-0.2, -0.15) is 0 Å². The zero-order valence-electron chi connectivity index (χ0n) is 36.4. The second-order valence-corrected chi connectivity index (χ2v) is 15.8. The Hall–Kier alpha value is -2.14. The second kappa shape index (κ2) is 46.2. The number of allylic oxidation sites excluding steroid dienone is 8. The summed E-state index contributed by atoms with van der Waals surface area (Å²) in [7, 11) is 0. The van der Waals surface area contributed by atoms with E-state index in [1.54, 1.807) is 0 Å². The van der Waals surface area contributed by atoms with Gasteiger partial charge in [0.15, 0.2) is 6.10 Å². The van der Waals surface area contributed by atoms with Crippen LogP contribution in [0.1, 0.15) is 239 Å². The minimum Gasteiger partial charge on any atom is -0.462 e. The van der Waals surface area contributed by atoms with Crippen molar-refractivity contribution in [2.45, 2.75) is 245 Å². The molecule has 0 radical (unpaired) electrons. The van der Waals surface area contributed by atoms with Crippen LogP contribution in [0.5, 0.6) is 0 Å². The molecule has 5 heteroatoms. The van der Waals surface area contributed by atoms with E-state index in [4.69, 9.17) is 9.47 Å². The van der Waals surface area contributed by atoms with Gasteiger partial charge in [-0.3, -0.25) is 9.59 Å². The number of rotatable bonds is 43. The van der Waals surface area contributed by atoms with E-state index in [0.717, 1.165) is 64.2 Å². The molecule has 0 aromatic carbocycles. The van der Waals surface area contributed by atoms with Gasteiger partial charge in [-0.25, -0.2) is 0 Å². The lowest BCUT2D eigenvalue weighted by Gasteiger charge is -2.15. The van der Waals surface area contributed by atoms with Gasteiger partial charge in [0.05, 0.1) is 6.61 Å². The van der Waals surface area contributed by atoms with E-state index < -0.39 is 6.10 Å². The van der Waals surface area contributed by atoms with Gasteiger partial charge in [0.25, 0.3) is 0 Å². The minimum atomic E-state index is -0.771. The molecular weight excluding hydrogens is 681 g/mol. The van der Waals surface area contributed by atoms with E-state index in [9.17, 15) is 14.7 Å². The van der Waals surface area contributed by atoms with Gasteiger partial charge < -0.3 is 14.6 Å². The highest BCUT2D eigenvalue weighted by Crippen LogP contribution is 2.16. The van der Waals surface area contributed by atoms with Crippen molar-refractivity contribution in [3.63, 3.8) is 0 Å². The number of aliphatic hydroxyl groups is 1. The van der Waals surface area contributed by atoms with Gasteiger partial charge in [-0.15, -0.1) is 0 Å². The Labute approximate surface area is 341 Å². The number of esters is 2. The first-order chi connectivity index (χ1) is 27.1. The quantitative estimate of drug-likeness (QED) is 0.0380. The molecule has 0 aromatic heterocycles. The van der Waals surface area contributed by atoms with E-state index in [2.05, 4.69) is 62.5 Å². The molecule has 1 N–H and O–H groups in total. The zero-order valence-corrected chi connectivity index (χ0v) is 36.4. The Kier molecular flexibility index (Phi) is 44.4. The number of ether oxygens (including phenoxy) is 2. The van der Waals surface area contributed by atoms with Gasteiger partial charge in [0.1, 0.15) is 6.61 Å². The minimum absolute atomic E-state index is 0.0635. The van der Waals surface area contributed by atoms with E-state index in [1.807, 2.05) is 0 Å². The number of carbonyl (C=O) groups is 2. The molecule has 0 aromatic rings. The van der Waals surface area contributed by atoms with E-state index in [1.165, 1.54) is 148 Å². The monoisotopic (exact) mass is 771 g/mol. The summed E-state index contributed by atoms with van der Waals surface area (Å²) in [6, 6.07) is 0. The standard InChI is InChI=1S/C50H90O5/c1-3-5-7-9-11-13-15-17-19-21-22-23-24-25-26-27-28-29-31-33-35-37-39-41-43-45-50(53)55-48(46-51)47-54-49(52)44-42-40-38-36-34-32-30-20-18-16-14-12-10-8-6-4-2/h5,7,11,13,17,19,22-23,48,51H,3-4,6,8-10,12,14-16,18,20-21,24-47H2,1-2H3/b7-5-,13-11-,19-17-,23-22-. The molecule has 0 saturated carbocycles. The molecule has 320 valence electrons. The SMILES string of the molecule is CC/C=C\C/C=C\C/C=C\C/C=C\CCCCCCCCCCCCCCC(=O)OC(CO)COC(=O)CCCCCCCCCCCCCCCCCC. The number of hydrogen-bond acceptors (Lipinski definition) is 5. The van der Waals surface area contributed by atoms with Crippen molar-refractivity contribution >= 4 is 11.9 Å². The van der Waals surface area contributed by atoms with Crippen molar-refractivity contribution in [1.82, 2.24) is 0 Å². The van der Waals surface area contributed by atoms with Crippen LogP contribution < -0.4 is 0 Å². The maximum absolute atomic E-state index is 12.2. The number of unbranched alkanes of at least 4 members (excludes halogenated alkanes) is 27. The summed E-state index contributed by atoms with van der Waals surface area (Å²) in [4.78, 5) is 24.4. The molecule has 5 nitrogen and oxygen atoms in total. The van der Waals surface area contributed by atoms with Crippen LogP contribution in [-0.2, 0) is 19.1 Å². The van der Waals surface area contributed by atoms with Crippen molar-refractivity contribution in [2.24, 2.45) is 0 Å². The molecular formula is C50H90O5. The van der Waals surface area contributed by atoms with Crippen molar-refractivity contribution in [3.8, 4) is 0 Å². The predicted octanol–water partition coefficient (Wildman–Crippen LogP) is 15.4. The molecule has 0 fully saturated rings. The Bertz CT molecular complexity index is 919. The van der Waals surface area contributed by atoms with Gasteiger partial charge in [0, 0.05) is 12.8 Å². The summed E-state index contributed by atoms with van der Waals surface area (Å²) in [5, 5.41) is 9.60. The Morgan fingerprint density at radius 3 is 1.18 bits per heavy atom. The lowest BCUT2D eigenvalue weighted by atomic mass is 10.0. The third-order valence-electron chi connectivity index (χ3n) is 10.4. The van der Waals surface area contributed by atoms with Crippen LogP contribution in [0.3, 0.4) is 0 Å². The summed E-state index contributed by atoms with van der Waals surface area (Å²) in [5.74, 6) is -0.584. The van der Waals surface area contributed by atoms with Crippen LogP contribution in [-0.4, -0.2) is 36.4 Å². The molecule has 0 saturated heterocycles. The summed E-state index contributed by atoms with van der Waals surface area (Å²) >= 11 is 0. The Balaban J connectivity index is 3.49. The first-order valence-electron chi connectivity index (χ1n) is 23.7. The lowest BCUT2D eigenvalue weighted by molar-refractivity contribution is -0.161. The predicted molar refractivity (Wildman–Crippen MR) is 237 cm³/mol. The molecule has 1 atom stereocenters. The highest BCUT2D eigenvalue weighted by Gasteiger charge is 2.16. The van der Waals surface area contributed by atoms with Gasteiger partial charge in [0.2, 0.25) is 0 Å². The summed E-state index contributed by atoms with van der Waals surface area (Å²) in [6.07, 6.45) is 59.1. The average Bonchev–Trinajstić information content (AvgIpc) is 3.19. The fraction of sp³-hybridized carbons (Fsp3) is 0.800. The topological polar surface area (TPSA) is 72.8 Å². The lowest BCUT2D eigenvalue weighted by Crippen LogP contribution is -2.28. The third kappa shape index (κ3) is 44.4. The van der Waals surface area contributed by atoms with E-state index in [0.29, 0.717) is 12.8 Å². The van der Waals surface area contributed by atoms with Gasteiger partial charge >= 0.3 is 11.9 Å². The van der Waals surface area contributed by atoms with Crippen molar-refractivity contribution in [1.29, 1.82) is 0 Å². The average molecular weight is 771 g/mol. The smallest absolute Gasteiger partial charge is 0.306 e. The summed E-state index contributed by atoms with van der Waals surface area (Å²) < 4.78 is 10.7. The first-order valence-corrected chi connectivity index (χ1v) is 23.7. The number of carbonyl (C=O) groups excluding carboxylic acids is 2. The maximum Gasteiger partial charge on any atom is 0.306 e. The molecule has 0 spiro atoms. The molecule has 0 aliphatic heterocycles. The maximum atomic E-state index is 12.2. The van der Waals surface area contributed by atoms with Crippen LogP contribution in [0.15, 0.2) is 48.6 Å². The third-order valence-corrected chi connectivity index (χ3v) is 10.4. The van der Waals surface area contributed by atoms with Crippen molar-refractivity contribution < 1.29 is 24.2 Å². The zero-order chi connectivity index (χ0) is 40.0. The molecule has 0 heterocycles. The van der Waals surface area contributed by atoms with Gasteiger partial charge in [-0.05, 0) is 51.4 Å². The van der Waals surface area contributed by atoms with Crippen molar-refractivity contribution in [2.75, 3.05) is 13.2 Å². The van der Waals surface area contributed by atoms with Gasteiger partial charge in [-0.1, -0.05) is 223 Å². The molecule has 0 aliphatic carbocycles. The van der Waals surface area contributed by atoms with Crippen LogP contribution in [0.25, 0.3) is 0 Å². The molecule has 55 heavy (non-hydrogen) atoms. The highest BCUT2D eigenvalue weighted by atomic mass is 16.6. The number of aliphatic hydroxyl groups excluding tert-OH is 1. The largest absolute Gasteiger partial charge is 0.462 e. The molecule has 0 amide bonds. The number of hydrogen-bond donors (Lipinski definition) is 1. The fourth-order valence-corrected chi connectivity index (χ4v) is 6.84. The van der Waals surface area contributed by atoms with Crippen LogP contribution in [0.4, 0.5) is 0 Å². The Morgan fingerprint density at radius 2 is 0.782 bits per heavy atom. The second-order valence-electron chi connectivity index (χ2n) is 15.8. The first kappa shape index (κ1) is 52.9. The van der Waals surface area contributed by atoms with Crippen molar-refractivity contribution in [3.05, 3.63) is 48.6 Å². The summed E-state index contributed by atoms with van der Waals surface area (Å²) in [6.45, 7) is 4.05. The fourth-order valence-electron chi connectivity index (χ4n) is 6.84.